The smallest absolute Gasteiger partial charge is 0.226 e. The lowest BCUT2D eigenvalue weighted by atomic mass is 9.96. The summed E-state index contributed by atoms with van der Waals surface area (Å²) in [7, 11) is 0. The van der Waals surface area contributed by atoms with Crippen LogP contribution in [-0.2, 0) is 24.4 Å². The first-order chi connectivity index (χ1) is 16.3. The molecule has 1 fully saturated rings. The third kappa shape index (κ3) is 4.44. The Bertz CT molecular complexity index is 1210. The molecular formula is C29H29IN2O2. The van der Waals surface area contributed by atoms with Gasteiger partial charge in [0.25, 0.3) is 0 Å². The molecule has 0 saturated carbocycles. The van der Waals surface area contributed by atoms with E-state index in [-0.39, 0.29) is 30.1 Å². The van der Waals surface area contributed by atoms with Crippen molar-refractivity contribution in [2.75, 3.05) is 6.54 Å². The van der Waals surface area contributed by atoms with Gasteiger partial charge in [0.05, 0.1) is 13.2 Å². The molecule has 1 aromatic heterocycles. The average Bonchev–Trinajstić information content (AvgIpc) is 3.47. The van der Waals surface area contributed by atoms with Crippen molar-refractivity contribution < 1.29 is 37.6 Å². The molecule has 3 heterocycles. The Balaban J connectivity index is 0.00000241. The summed E-state index contributed by atoms with van der Waals surface area (Å²) >= 11 is 0. The lowest BCUT2D eigenvalue weighted by Crippen LogP contribution is -3.00. The highest BCUT2D eigenvalue weighted by Crippen LogP contribution is 2.47. The minimum absolute atomic E-state index is 0. The second-order valence-corrected chi connectivity index (χ2v) is 9.37. The maximum absolute atomic E-state index is 6.67. The van der Waals surface area contributed by atoms with Crippen LogP contribution >= 0.6 is 0 Å². The van der Waals surface area contributed by atoms with Crippen molar-refractivity contribution in [1.82, 2.24) is 4.98 Å². The van der Waals surface area contributed by atoms with Gasteiger partial charge in [0, 0.05) is 24.0 Å². The van der Waals surface area contributed by atoms with E-state index in [0.717, 1.165) is 47.6 Å². The number of quaternary nitrogens is 1. The Labute approximate surface area is 218 Å². The molecule has 0 N–H and O–H groups in total. The van der Waals surface area contributed by atoms with E-state index < -0.39 is 0 Å². The molecule has 4 nitrogen and oxygen atoms in total. The molecular weight excluding hydrogens is 535 g/mol. The molecule has 1 saturated heterocycles. The second kappa shape index (κ2) is 10.0. The van der Waals surface area contributed by atoms with Crippen LogP contribution in [0.1, 0.15) is 41.5 Å². The molecule has 5 heteroatoms. The van der Waals surface area contributed by atoms with E-state index in [1.807, 2.05) is 24.3 Å². The zero-order valence-corrected chi connectivity index (χ0v) is 21.3. The first-order valence-corrected chi connectivity index (χ1v) is 11.9. The van der Waals surface area contributed by atoms with Crippen molar-refractivity contribution in [3.8, 4) is 11.5 Å². The zero-order valence-electron chi connectivity index (χ0n) is 19.1. The van der Waals surface area contributed by atoms with Crippen molar-refractivity contribution in [2.45, 2.75) is 44.7 Å². The largest absolute Gasteiger partial charge is 1.00 e. The van der Waals surface area contributed by atoms with Gasteiger partial charge in [-0.3, -0.25) is 0 Å². The minimum Gasteiger partial charge on any atom is -1.00 e. The monoisotopic (exact) mass is 564 g/mol. The zero-order chi connectivity index (χ0) is 22.1. The van der Waals surface area contributed by atoms with Crippen molar-refractivity contribution in [3.05, 3.63) is 114 Å². The Kier molecular flexibility index (Phi) is 6.86. The molecule has 0 radical (unpaired) electrons. The fourth-order valence-corrected chi connectivity index (χ4v) is 5.71. The van der Waals surface area contributed by atoms with Gasteiger partial charge in [-0.25, -0.2) is 4.98 Å². The SMILES string of the molecule is [I-].c1ccc(CO[C@@H]2c3oc(-c4ccccc4)nc3C[N+]3(Cc4ccccc4)CCC[C@@H]23)cc1. The normalized spacial score (nSPS) is 23.1. The predicted molar refractivity (Wildman–Crippen MR) is 128 cm³/mol. The number of rotatable bonds is 6. The van der Waals surface area contributed by atoms with E-state index in [0.29, 0.717) is 18.5 Å². The van der Waals surface area contributed by atoms with Crippen LogP contribution in [0.3, 0.4) is 0 Å². The number of benzene rings is 3. The molecule has 174 valence electrons. The highest BCUT2D eigenvalue weighted by atomic mass is 127. The van der Waals surface area contributed by atoms with Gasteiger partial charge < -0.3 is 37.6 Å². The van der Waals surface area contributed by atoms with Crippen LogP contribution < -0.4 is 24.0 Å². The van der Waals surface area contributed by atoms with Crippen molar-refractivity contribution in [1.29, 1.82) is 0 Å². The lowest BCUT2D eigenvalue weighted by molar-refractivity contribution is -0.971. The summed E-state index contributed by atoms with van der Waals surface area (Å²) in [5.41, 5.74) is 4.64. The lowest BCUT2D eigenvalue weighted by Gasteiger charge is -2.45. The number of oxazole rings is 1. The topological polar surface area (TPSA) is 35.3 Å². The van der Waals surface area contributed by atoms with Crippen LogP contribution in [-0.4, -0.2) is 22.1 Å². The first kappa shape index (κ1) is 23.3. The summed E-state index contributed by atoms with van der Waals surface area (Å²) in [6.07, 6.45) is 2.26. The van der Waals surface area contributed by atoms with Gasteiger partial charge in [-0.1, -0.05) is 78.9 Å². The number of hydrogen-bond donors (Lipinski definition) is 0. The van der Waals surface area contributed by atoms with Crippen LogP contribution in [0.5, 0.6) is 0 Å². The molecule has 1 unspecified atom stereocenters. The van der Waals surface area contributed by atoms with Gasteiger partial charge in [0.1, 0.15) is 24.8 Å². The Morgan fingerprint density at radius 1 is 0.853 bits per heavy atom. The standard InChI is InChI=1S/C29H29N2O2.HI/c1-4-11-22(12-5-1)19-31-18-10-17-26(31)28(32-21-23-13-6-2-7-14-23)27-25(20-31)30-29(33-27)24-15-8-3-9-16-24;/h1-9,11-16,26,28H,10,17-21H2;1H/q+1;/p-1/t26-,28-,31?;/m0./s1. The molecule has 6 rings (SSSR count). The number of aromatic nitrogens is 1. The third-order valence-electron chi connectivity index (χ3n) is 7.24. The van der Waals surface area contributed by atoms with Gasteiger partial charge in [0.15, 0.2) is 11.9 Å². The maximum atomic E-state index is 6.67. The highest BCUT2D eigenvalue weighted by Gasteiger charge is 2.53. The summed E-state index contributed by atoms with van der Waals surface area (Å²) in [6, 6.07) is 31.9. The van der Waals surface area contributed by atoms with Gasteiger partial charge in [-0.2, -0.15) is 0 Å². The van der Waals surface area contributed by atoms with Gasteiger partial charge in [-0.05, 0) is 17.7 Å². The van der Waals surface area contributed by atoms with Gasteiger partial charge in [0.2, 0.25) is 5.89 Å². The average molecular weight is 564 g/mol. The molecule has 0 amide bonds. The Hall–Kier alpha value is -2.48. The fraction of sp³-hybridized carbons (Fsp3) is 0.276. The molecule has 2 aliphatic heterocycles. The first-order valence-electron chi connectivity index (χ1n) is 11.9. The van der Waals surface area contributed by atoms with Crippen LogP contribution in [0.4, 0.5) is 0 Å². The molecule has 4 aromatic rings. The Morgan fingerprint density at radius 2 is 1.50 bits per heavy atom. The summed E-state index contributed by atoms with van der Waals surface area (Å²) in [4.78, 5) is 5.01. The van der Waals surface area contributed by atoms with Crippen LogP contribution in [0.15, 0.2) is 95.4 Å². The van der Waals surface area contributed by atoms with E-state index >= 15 is 0 Å². The fourth-order valence-electron chi connectivity index (χ4n) is 5.71. The summed E-state index contributed by atoms with van der Waals surface area (Å²) in [5.74, 6) is 1.63. The van der Waals surface area contributed by atoms with Crippen LogP contribution in [0, 0.1) is 0 Å². The number of hydrogen-bond acceptors (Lipinski definition) is 3. The van der Waals surface area contributed by atoms with E-state index in [4.69, 9.17) is 14.1 Å². The number of fused-ring (bicyclic) bond motifs is 2. The molecule has 3 aromatic carbocycles. The van der Waals surface area contributed by atoms with Crippen LogP contribution in [0.25, 0.3) is 11.5 Å². The van der Waals surface area contributed by atoms with Crippen LogP contribution in [0.2, 0.25) is 0 Å². The van der Waals surface area contributed by atoms with Gasteiger partial charge >= 0.3 is 0 Å². The number of nitrogens with zero attached hydrogens (tertiary/aromatic N) is 2. The van der Waals surface area contributed by atoms with E-state index in [1.54, 1.807) is 0 Å². The summed E-state index contributed by atoms with van der Waals surface area (Å²) in [6.45, 7) is 3.63. The predicted octanol–water partition coefficient (Wildman–Crippen LogP) is 3.30. The van der Waals surface area contributed by atoms with Crippen molar-refractivity contribution >= 4 is 0 Å². The van der Waals surface area contributed by atoms with E-state index in [2.05, 4.69) is 66.7 Å². The molecule has 2 aliphatic rings. The second-order valence-electron chi connectivity index (χ2n) is 9.37. The van der Waals surface area contributed by atoms with Crippen molar-refractivity contribution in [2.24, 2.45) is 0 Å². The van der Waals surface area contributed by atoms with E-state index in [1.165, 1.54) is 17.5 Å². The molecule has 0 aliphatic carbocycles. The van der Waals surface area contributed by atoms with Crippen molar-refractivity contribution in [3.63, 3.8) is 0 Å². The maximum Gasteiger partial charge on any atom is 0.226 e. The minimum atomic E-state index is -0.0925. The Morgan fingerprint density at radius 3 is 2.21 bits per heavy atom. The summed E-state index contributed by atoms with van der Waals surface area (Å²) < 4.78 is 14.1. The highest BCUT2D eigenvalue weighted by molar-refractivity contribution is 5.53. The number of ether oxygens (including phenoxy) is 1. The quantitative estimate of drug-likeness (QED) is 0.267. The molecule has 0 spiro atoms. The third-order valence-corrected chi connectivity index (χ3v) is 7.24. The van der Waals surface area contributed by atoms with Gasteiger partial charge in [-0.15, -0.1) is 0 Å². The van der Waals surface area contributed by atoms with E-state index in [9.17, 15) is 0 Å². The molecule has 34 heavy (non-hydrogen) atoms. The molecule has 3 atom stereocenters. The number of halogens is 1. The molecule has 0 bridgehead atoms. The summed E-state index contributed by atoms with van der Waals surface area (Å²) in [5, 5.41) is 0.